The third-order valence-corrected chi connectivity index (χ3v) is 7.31. The Morgan fingerprint density at radius 1 is 1.18 bits per heavy atom. The van der Waals surface area contributed by atoms with E-state index in [0.29, 0.717) is 6.54 Å². The minimum absolute atomic E-state index is 0.0733. The lowest BCUT2D eigenvalue weighted by molar-refractivity contribution is -0.150. The molecule has 2 aromatic carbocycles. The Bertz CT molecular complexity index is 1050. The van der Waals surface area contributed by atoms with E-state index < -0.39 is 29.2 Å². The topological polar surface area (TPSA) is 70.1 Å². The number of anilines is 1. The van der Waals surface area contributed by atoms with Crippen molar-refractivity contribution in [2.24, 2.45) is 11.8 Å². The van der Waals surface area contributed by atoms with E-state index >= 15 is 4.39 Å². The highest BCUT2D eigenvalue weighted by Crippen LogP contribution is 2.57. The first-order valence-electron chi connectivity index (χ1n) is 11.8. The number of amides is 2. The normalized spacial score (nSPS) is 26.2. The number of hydrogen-bond donors (Lipinski definition) is 1. The minimum atomic E-state index is -1.68. The van der Waals surface area contributed by atoms with Crippen LogP contribution in [0.5, 0.6) is 0 Å². The number of carbonyl (C=O) groups excluding carboxylic acids is 2. The first kappa shape index (κ1) is 24.4. The quantitative estimate of drug-likeness (QED) is 0.673. The van der Waals surface area contributed by atoms with Gasteiger partial charge in [0, 0.05) is 37.5 Å². The monoisotopic (exact) mass is 468 g/mol. The molecule has 2 amide bonds. The van der Waals surface area contributed by atoms with Crippen molar-refractivity contribution in [2.45, 2.75) is 51.1 Å². The number of likely N-dealkylation sites (N-methyl/N-ethyl adjacent to an activating group) is 1. The molecule has 182 valence electrons. The molecule has 2 aliphatic heterocycles. The summed E-state index contributed by atoms with van der Waals surface area (Å²) in [7, 11) is 1.70. The maximum atomic E-state index is 15.6. The van der Waals surface area contributed by atoms with Crippen LogP contribution < -0.4 is 4.90 Å². The molecule has 1 fully saturated rings. The largest absolute Gasteiger partial charge is 0.395 e. The first-order valence-corrected chi connectivity index (χ1v) is 11.8. The van der Waals surface area contributed by atoms with E-state index in [2.05, 4.69) is 0 Å². The van der Waals surface area contributed by atoms with Gasteiger partial charge in [-0.1, -0.05) is 55.5 Å². The molecule has 4 rings (SSSR count). The lowest BCUT2D eigenvalue weighted by atomic mass is 9.71. The molecule has 7 heteroatoms. The number of alkyl halides is 1. The fourth-order valence-electron chi connectivity index (χ4n) is 5.82. The summed E-state index contributed by atoms with van der Waals surface area (Å²) in [5.41, 5.74) is -0.606. The number of carbonyl (C=O) groups is 2. The number of rotatable bonds is 7. The molecule has 6 nitrogen and oxygen atoms in total. The van der Waals surface area contributed by atoms with Crippen molar-refractivity contribution < 1.29 is 23.8 Å². The van der Waals surface area contributed by atoms with Crippen molar-refractivity contribution in [3.05, 3.63) is 65.7 Å². The standard InChI is InChI=1S/C27H33FN2O4/c1-18-24(26(2,3)28)22(16-23(32)30(14-15-31)17-19-10-6-5-7-11-19)34-27(18)20-12-8-9-13-21(20)29(4)25(27)33/h5-13,18,22,24,31H,14-17H2,1-4H3/t18-,22+,24-,27+/m1/s1. The number of para-hydroxylation sites is 1. The van der Waals surface area contributed by atoms with Gasteiger partial charge in [0.1, 0.15) is 5.67 Å². The van der Waals surface area contributed by atoms with Crippen LogP contribution in [0.15, 0.2) is 54.6 Å². The van der Waals surface area contributed by atoms with E-state index in [9.17, 15) is 14.7 Å². The van der Waals surface area contributed by atoms with Crippen LogP contribution in [0.25, 0.3) is 0 Å². The highest BCUT2D eigenvalue weighted by atomic mass is 19.1. The van der Waals surface area contributed by atoms with Gasteiger partial charge in [0.05, 0.1) is 24.8 Å². The zero-order valence-corrected chi connectivity index (χ0v) is 20.2. The van der Waals surface area contributed by atoms with Crippen LogP contribution in [-0.2, 0) is 26.5 Å². The van der Waals surface area contributed by atoms with Crippen molar-refractivity contribution in [1.29, 1.82) is 0 Å². The molecule has 1 saturated heterocycles. The average Bonchev–Trinajstić information content (AvgIpc) is 3.21. The second-order valence-corrected chi connectivity index (χ2v) is 9.88. The average molecular weight is 469 g/mol. The second-order valence-electron chi connectivity index (χ2n) is 9.88. The van der Waals surface area contributed by atoms with Crippen LogP contribution in [0.3, 0.4) is 0 Å². The summed E-state index contributed by atoms with van der Waals surface area (Å²) >= 11 is 0. The van der Waals surface area contributed by atoms with Crippen molar-refractivity contribution in [3.8, 4) is 0 Å². The Labute approximate surface area is 200 Å². The number of aliphatic hydroxyl groups excluding tert-OH is 1. The molecule has 34 heavy (non-hydrogen) atoms. The summed E-state index contributed by atoms with van der Waals surface area (Å²) < 4.78 is 22.1. The van der Waals surface area contributed by atoms with Gasteiger partial charge in [-0.15, -0.1) is 0 Å². The van der Waals surface area contributed by atoms with Gasteiger partial charge >= 0.3 is 0 Å². The fourth-order valence-corrected chi connectivity index (χ4v) is 5.82. The van der Waals surface area contributed by atoms with E-state index in [0.717, 1.165) is 16.8 Å². The summed E-state index contributed by atoms with van der Waals surface area (Å²) in [6.07, 6.45) is -0.862. The molecule has 4 atom stereocenters. The minimum Gasteiger partial charge on any atom is -0.395 e. The van der Waals surface area contributed by atoms with Crippen molar-refractivity contribution in [2.75, 3.05) is 25.1 Å². The fraction of sp³-hybridized carbons (Fsp3) is 0.481. The smallest absolute Gasteiger partial charge is 0.264 e. The van der Waals surface area contributed by atoms with E-state index in [4.69, 9.17) is 4.74 Å². The summed E-state index contributed by atoms with van der Waals surface area (Å²) in [6.45, 7) is 5.13. The highest BCUT2D eigenvalue weighted by molar-refractivity contribution is 6.07. The van der Waals surface area contributed by atoms with Gasteiger partial charge in [0.25, 0.3) is 5.91 Å². The van der Waals surface area contributed by atoms with Gasteiger partial charge in [-0.2, -0.15) is 0 Å². The van der Waals surface area contributed by atoms with Gasteiger partial charge in [-0.05, 0) is 25.5 Å². The Hall–Kier alpha value is -2.77. The van der Waals surface area contributed by atoms with Crippen molar-refractivity contribution >= 4 is 17.5 Å². The van der Waals surface area contributed by atoms with Gasteiger partial charge in [-0.3, -0.25) is 9.59 Å². The van der Waals surface area contributed by atoms with E-state index in [1.807, 2.05) is 61.5 Å². The summed E-state index contributed by atoms with van der Waals surface area (Å²) in [5, 5.41) is 9.55. The molecule has 0 saturated carbocycles. The third kappa shape index (κ3) is 4.01. The maximum absolute atomic E-state index is 15.6. The molecule has 0 bridgehead atoms. The summed E-state index contributed by atoms with van der Waals surface area (Å²) in [5.74, 6) is -1.63. The molecule has 0 aliphatic carbocycles. The summed E-state index contributed by atoms with van der Waals surface area (Å²) in [4.78, 5) is 30.0. The van der Waals surface area contributed by atoms with Crippen LogP contribution in [-0.4, -0.2) is 53.8 Å². The molecule has 2 aliphatic rings. The van der Waals surface area contributed by atoms with Crippen LogP contribution in [0.4, 0.5) is 10.1 Å². The number of hydrogen-bond acceptors (Lipinski definition) is 4. The van der Waals surface area contributed by atoms with Gasteiger partial charge < -0.3 is 19.6 Å². The Kier molecular flexibility index (Phi) is 6.53. The van der Waals surface area contributed by atoms with Gasteiger partial charge in [0.2, 0.25) is 5.91 Å². The molecule has 1 spiro atoms. The number of aliphatic hydroxyl groups is 1. The molecule has 0 aromatic heterocycles. The summed E-state index contributed by atoms with van der Waals surface area (Å²) in [6, 6.07) is 16.9. The molecule has 2 aromatic rings. The number of ether oxygens (including phenoxy) is 1. The van der Waals surface area contributed by atoms with Gasteiger partial charge in [-0.25, -0.2) is 4.39 Å². The maximum Gasteiger partial charge on any atom is 0.264 e. The van der Waals surface area contributed by atoms with E-state index in [-0.39, 0.29) is 31.4 Å². The Balaban J connectivity index is 1.66. The van der Waals surface area contributed by atoms with E-state index in [1.165, 1.54) is 13.8 Å². The Morgan fingerprint density at radius 2 is 1.82 bits per heavy atom. The van der Waals surface area contributed by atoms with Crippen LogP contribution in [0, 0.1) is 11.8 Å². The second kappa shape index (κ2) is 9.12. The predicted molar refractivity (Wildman–Crippen MR) is 128 cm³/mol. The molecule has 2 heterocycles. The number of benzene rings is 2. The van der Waals surface area contributed by atoms with Crippen molar-refractivity contribution in [3.63, 3.8) is 0 Å². The molecular formula is C27H33FN2O4. The third-order valence-electron chi connectivity index (χ3n) is 7.31. The van der Waals surface area contributed by atoms with E-state index in [1.54, 1.807) is 16.8 Å². The zero-order chi connectivity index (χ0) is 24.7. The van der Waals surface area contributed by atoms with Crippen molar-refractivity contribution in [1.82, 2.24) is 4.90 Å². The molecule has 0 unspecified atom stereocenters. The lowest BCUT2D eigenvalue weighted by Gasteiger charge is -2.32. The van der Waals surface area contributed by atoms with Crippen LogP contribution >= 0.6 is 0 Å². The number of halogens is 1. The Morgan fingerprint density at radius 3 is 2.47 bits per heavy atom. The number of nitrogens with zero attached hydrogens (tertiary/aromatic N) is 2. The predicted octanol–water partition coefficient (Wildman–Crippen LogP) is 3.67. The van der Waals surface area contributed by atoms with Crippen LogP contribution in [0.2, 0.25) is 0 Å². The first-order chi connectivity index (χ1) is 16.1. The van der Waals surface area contributed by atoms with Crippen LogP contribution in [0.1, 0.15) is 38.3 Å². The highest BCUT2D eigenvalue weighted by Gasteiger charge is 2.65. The van der Waals surface area contributed by atoms with Gasteiger partial charge in [0.15, 0.2) is 5.60 Å². The molecule has 1 N–H and O–H groups in total. The number of fused-ring (bicyclic) bond motifs is 2. The lowest BCUT2D eigenvalue weighted by Crippen LogP contribution is -2.44. The molecular weight excluding hydrogens is 435 g/mol. The zero-order valence-electron chi connectivity index (χ0n) is 20.2. The SMILES string of the molecule is C[C@@H]1[C@@H](C(C)(C)F)[C@H](CC(=O)N(CCO)Cc2ccccc2)O[C@@]12C(=O)N(C)c1ccccc12. The molecule has 0 radical (unpaired) electrons.